The van der Waals surface area contributed by atoms with Gasteiger partial charge < -0.3 is 18.2 Å². The Bertz CT molecular complexity index is 1330. The molecule has 0 amide bonds. The molecule has 0 aliphatic carbocycles. The third-order valence-corrected chi connectivity index (χ3v) is 10.4. The van der Waals surface area contributed by atoms with Crippen LogP contribution in [0.4, 0.5) is 17.1 Å². The highest BCUT2D eigenvalue weighted by Crippen LogP contribution is 2.56. The number of rotatable bonds is 9. The number of nitrogens with zero attached hydrogens (tertiary/aromatic N) is 3. The summed E-state index contributed by atoms with van der Waals surface area (Å²) in [5.41, 5.74) is 4.92. The van der Waals surface area contributed by atoms with Gasteiger partial charge in [0, 0.05) is 41.4 Å². The van der Waals surface area contributed by atoms with E-state index in [2.05, 4.69) is 58.0 Å². The Morgan fingerprint density at radius 1 is 0.722 bits per heavy atom. The lowest BCUT2D eigenvalue weighted by molar-refractivity contribution is 0.582. The van der Waals surface area contributed by atoms with Crippen LogP contribution in [0.15, 0.2) is 126 Å². The molecule has 2 aromatic carbocycles. The topological polar surface area (TPSA) is 67.4 Å². The van der Waals surface area contributed by atoms with Gasteiger partial charge >= 0.3 is 0 Å². The molecule has 5 aromatic rings. The molecule has 8 heteroatoms. The van der Waals surface area contributed by atoms with Gasteiger partial charge in [-0.05, 0) is 74.5 Å². The molecule has 0 aliphatic heterocycles. The fraction of sp³-hybridized carbons (Fsp3) is 0.143. The Balaban J connectivity index is 1.66. The van der Waals surface area contributed by atoms with Crippen LogP contribution in [0.5, 0.6) is 0 Å². The van der Waals surface area contributed by atoms with Crippen molar-refractivity contribution >= 4 is 62.1 Å². The van der Waals surface area contributed by atoms with Crippen molar-refractivity contribution in [3.05, 3.63) is 102 Å². The number of hydrogen-bond donors (Lipinski definition) is 0. The molecule has 0 aliphatic rings. The van der Waals surface area contributed by atoms with Crippen LogP contribution in [0.2, 0.25) is 0 Å². The molecule has 0 fully saturated rings. The summed E-state index contributed by atoms with van der Waals surface area (Å²) in [5, 5.41) is 10.2. The first kappa shape index (κ1) is 24.3. The number of halogens is 1. The van der Waals surface area contributed by atoms with E-state index in [1.54, 1.807) is 18.8 Å². The summed E-state index contributed by atoms with van der Waals surface area (Å²) in [4.78, 5) is 2.29. The highest BCUT2D eigenvalue weighted by atomic mass is 79.9. The molecule has 5 rings (SSSR count). The SMILES string of the molecule is CCN(CC)c1ccc(N=Nc2ccc(Br)cc2[P+](c2ccco2)(c2ccco2)c2ccco2)cc1. The number of hydrogen-bond acceptors (Lipinski definition) is 6. The maximum absolute atomic E-state index is 6.05. The fourth-order valence-corrected chi connectivity index (χ4v) is 8.63. The van der Waals surface area contributed by atoms with Crippen LogP contribution >= 0.6 is 23.2 Å². The van der Waals surface area contributed by atoms with Crippen LogP contribution < -0.4 is 26.7 Å². The average Bonchev–Trinajstić information content (AvgIpc) is 3.71. The molecule has 3 aromatic heterocycles. The Hall–Kier alpha value is -3.41. The molecule has 0 radical (unpaired) electrons. The van der Waals surface area contributed by atoms with Gasteiger partial charge in [0.05, 0.1) is 24.5 Å². The van der Waals surface area contributed by atoms with Gasteiger partial charge in [-0.15, -0.1) is 5.11 Å². The highest BCUT2D eigenvalue weighted by Gasteiger charge is 2.58. The van der Waals surface area contributed by atoms with Crippen LogP contribution in [-0.4, -0.2) is 13.1 Å². The van der Waals surface area contributed by atoms with Crippen molar-refractivity contribution in [2.24, 2.45) is 10.2 Å². The van der Waals surface area contributed by atoms with Crippen molar-refractivity contribution in [1.29, 1.82) is 0 Å². The number of benzene rings is 2. The van der Waals surface area contributed by atoms with E-state index in [-0.39, 0.29) is 0 Å². The van der Waals surface area contributed by atoms with Crippen LogP contribution in [0, 0.1) is 0 Å². The standard InChI is InChI=1S/C28H26BrN3O3P/c1-3-32(4-2)23-14-12-22(13-15-23)30-31-24-16-11-21(29)20-25(24)36(26-8-5-17-33-26,27-9-6-18-34-27)28-10-7-19-35-28/h5-20H,3-4H2,1-2H3/q+1. The monoisotopic (exact) mass is 562 g/mol. The molecule has 0 bridgehead atoms. The zero-order valence-corrected chi connectivity index (χ0v) is 22.5. The van der Waals surface area contributed by atoms with E-state index in [0.29, 0.717) is 5.69 Å². The van der Waals surface area contributed by atoms with E-state index < -0.39 is 7.26 Å². The van der Waals surface area contributed by atoms with Gasteiger partial charge in [0.15, 0.2) is 0 Å². The van der Waals surface area contributed by atoms with Crippen LogP contribution in [0.3, 0.4) is 0 Å². The molecule has 0 saturated carbocycles. The summed E-state index contributed by atoms with van der Waals surface area (Å²) in [6, 6.07) is 25.6. The molecule has 6 nitrogen and oxygen atoms in total. The minimum atomic E-state index is -2.67. The molecule has 36 heavy (non-hydrogen) atoms. The summed E-state index contributed by atoms with van der Waals surface area (Å²) in [5.74, 6) is 0. The minimum absolute atomic E-state index is 0.712. The highest BCUT2D eigenvalue weighted by molar-refractivity contribution is 9.10. The van der Waals surface area contributed by atoms with Crippen molar-refractivity contribution in [2.45, 2.75) is 13.8 Å². The summed E-state index contributed by atoms with van der Waals surface area (Å²) < 4.78 is 19.1. The fourth-order valence-electron chi connectivity index (χ4n) is 4.34. The number of azo groups is 1. The molecule has 0 N–H and O–H groups in total. The maximum atomic E-state index is 6.05. The van der Waals surface area contributed by atoms with Gasteiger partial charge in [0.1, 0.15) is 11.0 Å². The number of furan rings is 3. The summed E-state index contributed by atoms with van der Waals surface area (Å²) in [6.45, 7) is 6.21. The lowest BCUT2D eigenvalue weighted by atomic mass is 10.2. The summed E-state index contributed by atoms with van der Waals surface area (Å²) in [6.07, 6.45) is 5.02. The Labute approximate surface area is 219 Å². The molecule has 182 valence electrons. The maximum Gasteiger partial charge on any atom is 0.268 e. The second-order valence-electron chi connectivity index (χ2n) is 8.05. The van der Waals surface area contributed by atoms with E-state index in [4.69, 9.17) is 18.4 Å². The summed E-state index contributed by atoms with van der Waals surface area (Å²) in [7, 11) is -2.67. The first-order valence-electron chi connectivity index (χ1n) is 11.7. The van der Waals surface area contributed by atoms with E-state index >= 15 is 0 Å². The lowest BCUT2D eigenvalue weighted by Crippen LogP contribution is -2.37. The van der Waals surface area contributed by atoms with E-state index in [0.717, 1.165) is 45.1 Å². The Kier molecular flexibility index (Phi) is 7.21. The smallest absolute Gasteiger partial charge is 0.268 e. The van der Waals surface area contributed by atoms with Crippen molar-refractivity contribution in [3.63, 3.8) is 0 Å². The van der Waals surface area contributed by atoms with Gasteiger partial charge in [-0.25, -0.2) is 0 Å². The second-order valence-corrected chi connectivity index (χ2v) is 12.1. The third kappa shape index (κ3) is 4.45. The lowest BCUT2D eigenvalue weighted by Gasteiger charge is -2.21. The van der Waals surface area contributed by atoms with E-state index in [1.165, 1.54) is 5.69 Å². The third-order valence-electron chi connectivity index (χ3n) is 6.06. The van der Waals surface area contributed by atoms with Gasteiger partial charge in [-0.1, -0.05) is 15.9 Å². The molecule has 0 spiro atoms. The molecule has 0 atom stereocenters. The van der Waals surface area contributed by atoms with Crippen molar-refractivity contribution in [1.82, 2.24) is 0 Å². The molecule has 3 heterocycles. The molecule has 0 saturated heterocycles. The first-order valence-corrected chi connectivity index (χ1v) is 14.3. The molecular formula is C28H26BrN3O3P+. The van der Waals surface area contributed by atoms with Gasteiger partial charge in [0.2, 0.25) is 0 Å². The Morgan fingerprint density at radius 3 is 1.75 bits per heavy atom. The normalized spacial score (nSPS) is 11.9. The van der Waals surface area contributed by atoms with E-state index in [1.807, 2.05) is 60.7 Å². The minimum Gasteiger partial charge on any atom is -0.434 e. The van der Waals surface area contributed by atoms with E-state index in [9.17, 15) is 0 Å². The predicted octanol–water partition coefficient (Wildman–Crippen LogP) is 7.11. The molecule has 0 unspecified atom stereocenters. The van der Waals surface area contributed by atoms with Crippen molar-refractivity contribution in [3.8, 4) is 0 Å². The summed E-state index contributed by atoms with van der Waals surface area (Å²) >= 11 is 3.66. The predicted molar refractivity (Wildman–Crippen MR) is 150 cm³/mol. The zero-order chi connectivity index (χ0) is 25.0. The van der Waals surface area contributed by atoms with Crippen LogP contribution in [-0.2, 0) is 0 Å². The van der Waals surface area contributed by atoms with Crippen LogP contribution in [0.1, 0.15) is 13.8 Å². The molecular weight excluding hydrogens is 537 g/mol. The zero-order valence-electron chi connectivity index (χ0n) is 20.0. The second kappa shape index (κ2) is 10.7. The first-order chi connectivity index (χ1) is 17.7. The van der Waals surface area contributed by atoms with Gasteiger partial charge in [-0.2, -0.15) is 5.11 Å². The quantitative estimate of drug-likeness (QED) is 0.142. The Morgan fingerprint density at radius 2 is 1.28 bits per heavy atom. The van der Waals surface area contributed by atoms with Gasteiger partial charge in [0.25, 0.3) is 23.8 Å². The van der Waals surface area contributed by atoms with Crippen LogP contribution in [0.25, 0.3) is 0 Å². The number of anilines is 1. The van der Waals surface area contributed by atoms with Crippen molar-refractivity contribution in [2.75, 3.05) is 18.0 Å². The average molecular weight is 563 g/mol. The largest absolute Gasteiger partial charge is 0.434 e. The van der Waals surface area contributed by atoms with Gasteiger partial charge in [-0.3, -0.25) is 0 Å². The van der Waals surface area contributed by atoms with Crippen molar-refractivity contribution < 1.29 is 13.3 Å².